The number of unbranched alkanes of at least 4 members (excludes halogenated alkanes) is 2. The molecule has 0 radical (unpaired) electrons. The highest BCUT2D eigenvalue weighted by Gasteiger charge is 2.00. The van der Waals surface area contributed by atoms with Crippen LogP contribution in [0.2, 0.25) is 0 Å². The Balaban J connectivity index is 2.42. The molecule has 5 heteroatoms. The molecule has 0 saturated carbocycles. The topological polar surface area (TPSA) is 51.8 Å². The normalized spacial score (nSPS) is 10.4. The average Bonchev–Trinajstić information content (AvgIpc) is 2.11. The van der Waals surface area contributed by atoms with Crippen molar-refractivity contribution < 1.29 is 0 Å². The van der Waals surface area contributed by atoms with E-state index >= 15 is 0 Å². The summed E-state index contributed by atoms with van der Waals surface area (Å²) >= 11 is 4.95. The first-order valence-corrected chi connectivity index (χ1v) is 6.43. The molecule has 0 spiro atoms. The molecular formula is C9H14BrN3S. The Hall–Kier alpha value is -0.290. The molecule has 1 aromatic rings. The number of halogens is 1. The first kappa shape index (κ1) is 11.8. The van der Waals surface area contributed by atoms with Gasteiger partial charge in [0, 0.05) is 11.8 Å². The second-order valence-electron chi connectivity index (χ2n) is 2.95. The zero-order valence-corrected chi connectivity index (χ0v) is 10.6. The van der Waals surface area contributed by atoms with E-state index in [-0.39, 0.29) is 0 Å². The number of hydrogen-bond acceptors (Lipinski definition) is 4. The van der Waals surface area contributed by atoms with E-state index in [0.29, 0.717) is 5.82 Å². The van der Waals surface area contributed by atoms with Gasteiger partial charge >= 0.3 is 0 Å². The van der Waals surface area contributed by atoms with Crippen LogP contribution in [0.15, 0.2) is 15.8 Å². The first-order valence-electron chi connectivity index (χ1n) is 4.65. The van der Waals surface area contributed by atoms with Crippen LogP contribution >= 0.6 is 27.7 Å². The zero-order chi connectivity index (χ0) is 10.4. The first-order chi connectivity index (χ1) is 6.72. The monoisotopic (exact) mass is 275 g/mol. The van der Waals surface area contributed by atoms with E-state index in [4.69, 9.17) is 5.73 Å². The molecule has 78 valence electrons. The Morgan fingerprint density at radius 1 is 1.43 bits per heavy atom. The van der Waals surface area contributed by atoms with E-state index in [9.17, 15) is 0 Å². The molecular weight excluding hydrogens is 262 g/mol. The number of nitrogens with two attached hydrogens (primary N) is 1. The zero-order valence-electron chi connectivity index (χ0n) is 8.16. The minimum atomic E-state index is 0.518. The highest BCUT2D eigenvalue weighted by atomic mass is 79.9. The molecule has 1 rings (SSSR count). The molecule has 0 aliphatic heterocycles. The summed E-state index contributed by atoms with van der Waals surface area (Å²) in [6, 6.07) is 1.70. The van der Waals surface area contributed by atoms with Gasteiger partial charge in [-0.15, -0.1) is 0 Å². The Kier molecular flexibility index (Phi) is 5.25. The molecule has 3 nitrogen and oxygen atoms in total. The van der Waals surface area contributed by atoms with Gasteiger partial charge in [-0.2, -0.15) is 0 Å². The summed E-state index contributed by atoms with van der Waals surface area (Å²) in [7, 11) is 0. The van der Waals surface area contributed by atoms with Crippen molar-refractivity contribution in [3.05, 3.63) is 10.7 Å². The number of hydrogen-bond donors (Lipinski definition) is 1. The van der Waals surface area contributed by atoms with Crippen LogP contribution in [0, 0.1) is 0 Å². The number of thioether (sulfide) groups is 1. The van der Waals surface area contributed by atoms with Crippen molar-refractivity contribution in [1.29, 1.82) is 0 Å². The summed E-state index contributed by atoms with van der Waals surface area (Å²) in [6.07, 6.45) is 3.70. The Morgan fingerprint density at radius 2 is 2.21 bits per heavy atom. The van der Waals surface area contributed by atoms with E-state index in [1.165, 1.54) is 19.3 Å². The Bertz CT molecular complexity index is 273. The molecule has 1 aromatic heterocycles. The molecule has 14 heavy (non-hydrogen) atoms. The molecule has 1 heterocycles. The van der Waals surface area contributed by atoms with Gasteiger partial charge in [-0.1, -0.05) is 31.5 Å². The minimum absolute atomic E-state index is 0.518. The third-order valence-corrected chi connectivity index (χ3v) is 3.01. The van der Waals surface area contributed by atoms with Gasteiger partial charge in [0.25, 0.3) is 0 Å². The van der Waals surface area contributed by atoms with Gasteiger partial charge in [0.2, 0.25) is 0 Å². The third kappa shape index (κ3) is 4.28. The van der Waals surface area contributed by atoms with E-state index in [1.54, 1.807) is 17.8 Å². The third-order valence-electron chi connectivity index (χ3n) is 1.67. The number of nitrogen functional groups attached to an aromatic ring is 1. The van der Waals surface area contributed by atoms with Crippen LogP contribution < -0.4 is 5.73 Å². The lowest BCUT2D eigenvalue weighted by Gasteiger charge is -2.01. The number of nitrogens with zero attached hydrogens (tertiary/aromatic N) is 2. The fourth-order valence-corrected chi connectivity index (χ4v) is 2.38. The molecule has 0 atom stereocenters. The van der Waals surface area contributed by atoms with Crippen molar-refractivity contribution in [1.82, 2.24) is 9.97 Å². The molecule has 2 N–H and O–H groups in total. The molecule has 0 amide bonds. The lowest BCUT2D eigenvalue weighted by Crippen LogP contribution is -1.95. The van der Waals surface area contributed by atoms with Gasteiger partial charge in [0.1, 0.15) is 10.4 Å². The van der Waals surface area contributed by atoms with Crippen molar-refractivity contribution in [3.8, 4) is 0 Å². The van der Waals surface area contributed by atoms with Crippen molar-refractivity contribution in [2.45, 2.75) is 31.3 Å². The molecule has 0 saturated heterocycles. The molecule has 0 aliphatic rings. The van der Waals surface area contributed by atoms with Gasteiger partial charge in [0.05, 0.1) is 0 Å². The highest BCUT2D eigenvalue weighted by Crippen LogP contribution is 2.19. The average molecular weight is 276 g/mol. The van der Waals surface area contributed by atoms with E-state index in [2.05, 4.69) is 32.8 Å². The maximum Gasteiger partial charge on any atom is 0.190 e. The van der Waals surface area contributed by atoms with Gasteiger partial charge < -0.3 is 5.73 Å². The number of rotatable bonds is 5. The van der Waals surface area contributed by atoms with Crippen LogP contribution in [0.1, 0.15) is 26.2 Å². The summed E-state index contributed by atoms with van der Waals surface area (Å²) < 4.78 is 0.753. The number of anilines is 1. The van der Waals surface area contributed by atoms with Crippen LogP contribution in [0.5, 0.6) is 0 Å². The van der Waals surface area contributed by atoms with E-state index in [1.807, 2.05) is 0 Å². The quantitative estimate of drug-likeness (QED) is 0.388. The summed E-state index contributed by atoms with van der Waals surface area (Å²) in [4.78, 5) is 8.35. The highest BCUT2D eigenvalue weighted by molar-refractivity contribution is 9.10. The summed E-state index contributed by atoms with van der Waals surface area (Å²) in [5.41, 5.74) is 5.60. The summed E-state index contributed by atoms with van der Waals surface area (Å²) in [6.45, 7) is 2.19. The molecule has 0 fully saturated rings. The lowest BCUT2D eigenvalue weighted by atomic mass is 10.3. The second kappa shape index (κ2) is 6.24. The lowest BCUT2D eigenvalue weighted by molar-refractivity contribution is 0.777. The molecule has 0 aromatic carbocycles. The Labute approximate surface area is 97.0 Å². The van der Waals surface area contributed by atoms with Gasteiger partial charge in [-0.05, 0) is 22.4 Å². The van der Waals surface area contributed by atoms with Crippen LogP contribution in [0.3, 0.4) is 0 Å². The van der Waals surface area contributed by atoms with Crippen LogP contribution in [-0.4, -0.2) is 15.7 Å². The van der Waals surface area contributed by atoms with Crippen molar-refractivity contribution in [2.24, 2.45) is 0 Å². The van der Waals surface area contributed by atoms with Crippen LogP contribution in [0.4, 0.5) is 5.82 Å². The standard InChI is InChI=1S/C9H14BrN3S/c1-2-3-4-5-14-9-12-7(10)6-8(11)13-9/h6H,2-5H2,1H3,(H2,11,12,13). The molecule has 0 bridgehead atoms. The predicted octanol–water partition coefficient (Wildman–Crippen LogP) is 3.10. The maximum atomic E-state index is 5.60. The molecule has 0 unspecified atom stereocenters. The predicted molar refractivity (Wildman–Crippen MR) is 64.4 cm³/mol. The molecule has 0 aliphatic carbocycles. The second-order valence-corrected chi connectivity index (χ2v) is 4.83. The fourth-order valence-electron chi connectivity index (χ4n) is 0.993. The van der Waals surface area contributed by atoms with E-state index in [0.717, 1.165) is 15.5 Å². The van der Waals surface area contributed by atoms with Crippen molar-refractivity contribution >= 4 is 33.5 Å². The summed E-state index contributed by atoms with van der Waals surface area (Å²) in [5.74, 6) is 1.58. The van der Waals surface area contributed by atoms with Gasteiger partial charge in [-0.3, -0.25) is 0 Å². The smallest absolute Gasteiger partial charge is 0.190 e. The Morgan fingerprint density at radius 3 is 2.86 bits per heavy atom. The van der Waals surface area contributed by atoms with Crippen molar-refractivity contribution in [2.75, 3.05) is 11.5 Å². The maximum absolute atomic E-state index is 5.60. The van der Waals surface area contributed by atoms with Crippen LogP contribution in [-0.2, 0) is 0 Å². The van der Waals surface area contributed by atoms with Crippen molar-refractivity contribution in [3.63, 3.8) is 0 Å². The van der Waals surface area contributed by atoms with Gasteiger partial charge in [0.15, 0.2) is 5.16 Å². The minimum Gasteiger partial charge on any atom is -0.384 e. The fraction of sp³-hybridized carbons (Fsp3) is 0.556. The van der Waals surface area contributed by atoms with E-state index < -0.39 is 0 Å². The van der Waals surface area contributed by atoms with Gasteiger partial charge in [-0.25, -0.2) is 9.97 Å². The van der Waals surface area contributed by atoms with Crippen LogP contribution in [0.25, 0.3) is 0 Å². The largest absolute Gasteiger partial charge is 0.384 e. The SMILES string of the molecule is CCCCCSc1nc(N)cc(Br)n1. The summed E-state index contributed by atoms with van der Waals surface area (Å²) in [5, 5.41) is 0.757. The number of aromatic nitrogens is 2.